The van der Waals surface area contributed by atoms with Gasteiger partial charge in [0.1, 0.15) is 11.5 Å². The van der Waals surface area contributed by atoms with Crippen molar-refractivity contribution in [3.8, 4) is 11.5 Å². The number of para-hydroxylation sites is 1. The minimum Gasteiger partial charge on any atom is -0.508 e. The number of aromatic hydroxyl groups is 1. The number of aliphatic hydroxyl groups is 1. The molecule has 0 spiro atoms. The molecule has 0 radical (unpaired) electrons. The van der Waals surface area contributed by atoms with E-state index in [1.54, 1.807) is 30.3 Å². The van der Waals surface area contributed by atoms with Gasteiger partial charge < -0.3 is 19.8 Å². The Morgan fingerprint density at radius 2 is 1.72 bits per heavy atom. The second-order valence-electron chi connectivity index (χ2n) is 5.97. The summed E-state index contributed by atoms with van der Waals surface area (Å²) in [4.78, 5) is 13.5. The number of benzene rings is 2. The van der Waals surface area contributed by atoms with Crippen LogP contribution in [-0.4, -0.2) is 40.7 Å². The van der Waals surface area contributed by atoms with Gasteiger partial charge in [0.25, 0.3) is 5.91 Å². The van der Waals surface area contributed by atoms with Crippen molar-refractivity contribution in [3.05, 3.63) is 59.7 Å². The van der Waals surface area contributed by atoms with Crippen molar-refractivity contribution in [1.29, 1.82) is 0 Å². The van der Waals surface area contributed by atoms with Gasteiger partial charge >= 0.3 is 0 Å². The number of hydrogen-bond donors (Lipinski definition) is 2. The van der Waals surface area contributed by atoms with Crippen molar-refractivity contribution in [2.75, 3.05) is 19.7 Å². The number of aliphatic hydroxyl groups excluding tert-OH is 1. The van der Waals surface area contributed by atoms with Crippen LogP contribution in [0.5, 0.6) is 11.5 Å². The highest BCUT2D eigenvalue weighted by Crippen LogP contribution is 2.14. The highest BCUT2D eigenvalue weighted by Gasteiger charge is 2.17. The van der Waals surface area contributed by atoms with Gasteiger partial charge in [0, 0.05) is 13.1 Å². The number of nitrogens with zero attached hydrogens (tertiary/aromatic N) is 1. The number of amides is 1. The highest BCUT2D eigenvalue weighted by molar-refractivity contribution is 5.78. The van der Waals surface area contributed by atoms with E-state index in [4.69, 9.17) is 14.9 Å². The molecule has 5 nitrogen and oxygen atoms in total. The van der Waals surface area contributed by atoms with Crippen molar-refractivity contribution in [1.82, 2.24) is 4.90 Å². The second-order valence-corrected chi connectivity index (χ2v) is 5.97. The first-order chi connectivity index (χ1) is 12.1. The van der Waals surface area contributed by atoms with Gasteiger partial charge in [0.2, 0.25) is 0 Å². The van der Waals surface area contributed by atoms with E-state index in [2.05, 4.69) is 0 Å². The molecule has 134 valence electrons. The van der Waals surface area contributed by atoms with Gasteiger partial charge in [-0.3, -0.25) is 4.79 Å². The van der Waals surface area contributed by atoms with Crippen molar-refractivity contribution in [2.45, 2.75) is 26.4 Å². The molecule has 0 aliphatic carbocycles. The van der Waals surface area contributed by atoms with Crippen LogP contribution >= 0.6 is 0 Å². The average Bonchev–Trinajstić information content (AvgIpc) is 3.18. The molecule has 1 saturated heterocycles. The first-order valence-corrected chi connectivity index (χ1v) is 8.45. The normalized spacial score (nSPS) is 13.1. The molecule has 25 heavy (non-hydrogen) atoms. The van der Waals surface area contributed by atoms with E-state index in [0.717, 1.165) is 37.1 Å². The first-order valence-electron chi connectivity index (χ1n) is 8.45. The number of phenolic OH excluding ortho intramolecular Hbond substituents is 1. The fourth-order valence-electron chi connectivity index (χ4n) is 2.46. The topological polar surface area (TPSA) is 70.0 Å². The summed E-state index contributed by atoms with van der Waals surface area (Å²) < 4.78 is 5.41. The van der Waals surface area contributed by atoms with E-state index in [-0.39, 0.29) is 19.1 Å². The van der Waals surface area contributed by atoms with Crippen LogP contribution in [0.2, 0.25) is 0 Å². The second kappa shape index (κ2) is 9.69. The molecule has 0 atom stereocenters. The summed E-state index contributed by atoms with van der Waals surface area (Å²) in [6.07, 6.45) is 2.19. The lowest BCUT2D eigenvalue weighted by Gasteiger charge is -2.15. The van der Waals surface area contributed by atoms with Gasteiger partial charge in [-0.05, 0) is 49.1 Å². The van der Waals surface area contributed by atoms with Crippen LogP contribution in [0, 0.1) is 6.92 Å². The maximum absolute atomic E-state index is 11.7. The minimum absolute atomic E-state index is 0.0208. The summed E-state index contributed by atoms with van der Waals surface area (Å²) in [6, 6.07) is 14.4. The number of ether oxygens (including phenoxy) is 1. The number of likely N-dealkylation sites (tertiary alicyclic amines) is 1. The molecular weight excluding hydrogens is 318 g/mol. The molecular formula is C20H25NO4. The van der Waals surface area contributed by atoms with Crippen molar-refractivity contribution in [2.24, 2.45) is 0 Å². The Balaban J connectivity index is 0.000000236. The van der Waals surface area contributed by atoms with Gasteiger partial charge in [-0.25, -0.2) is 0 Å². The average molecular weight is 343 g/mol. The van der Waals surface area contributed by atoms with Gasteiger partial charge in [-0.2, -0.15) is 0 Å². The van der Waals surface area contributed by atoms with Crippen molar-refractivity contribution in [3.63, 3.8) is 0 Å². The lowest BCUT2D eigenvalue weighted by Crippen LogP contribution is -2.32. The van der Waals surface area contributed by atoms with Crippen LogP contribution in [0.15, 0.2) is 48.5 Å². The Kier molecular flexibility index (Phi) is 7.29. The Bertz CT molecular complexity index is 643. The molecule has 0 aromatic heterocycles. The van der Waals surface area contributed by atoms with Gasteiger partial charge in [-0.15, -0.1) is 0 Å². The van der Waals surface area contributed by atoms with Crippen LogP contribution in [0.25, 0.3) is 0 Å². The predicted octanol–water partition coefficient (Wildman–Crippen LogP) is 2.88. The van der Waals surface area contributed by atoms with E-state index >= 15 is 0 Å². The SMILES string of the molecule is Cc1ccccc1O.O=C(COc1ccc(CO)cc1)N1CCCC1. The lowest BCUT2D eigenvalue weighted by molar-refractivity contribution is -0.132. The van der Waals surface area contributed by atoms with Crippen molar-refractivity contribution < 1.29 is 19.7 Å². The Morgan fingerprint density at radius 3 is 2.24 bits per heavy atom. The molecule has 1 amide bonds. The summed E-state index contributed by atoms with van der Waals surface area (Å²) in [5.41, 5.74) is 1.76. The zero-order valence-corrected chi connectivity index (χ0v) is 14.5. The number of rotatable bonds is 4. The zero-order valence-electron chi connectivity index (χ0n) is 14.5. The lowest BCUT2D eigenvalue weighted by atomic mass is 10.2. The number of phenols is 1. The summed E-state index contributed by atoms with van der Waals surface area (Å²) >= 11 is 0. The van der Waals surface area contributed by atoms with E-state index in [1.807, 2.05) is 30.0 Å². The van der Waals surface area contributed by atoms with Crippen LogP contribution in [0.4, 0.5) is 0 Å². The largest absolute Gasteiger partial charge is 0.508 e. The third-order valence-electron chi connectivity index (χ3n) is 4.04. The van der Waals surface area contributed by atoms with Crippen LogP contribution in [0.3, 0.4) is 0 Å². The van der Waals surface area contributed by atoms with E-state index < -0.39 is 0 Å². The van der Waals surface area contributed by atoms with E-state index in [1.165, 1.54) is 0 Å². The number of aryl methyl sites for hydroxylation is 1. The quantitative estimate of drug-likeness (QED) is 0.896. The zero-order chi connectivity index (χ0) is 18.1. The molecule has 3 rings (SSSR count). The fraction of sp³-hybridized carbons (Fsp3) is 0.350. The third-order valence-corrected chi connectivity index (χ3v) is 4.04. The third kappa shape index (κ3) is 6.12. The van der Waals surface area contributed by atoms with E-state index in [0.29, 0.717) is 11.5 Å². The Labute approximate surface area is 148 Å². The highest BCUT2D eigenvalue weighted by atomic mass is 16.5. The molecule has 1 aliphatic heterocycles. The molecule has 0 bridgehead atoms. The predicted molar refractivity (Wildman–Crippen MR) is 96.5 cm³/mol. The van der Waals surface area contributed by atoms with Crippen LogP contribution in [0.1, 0.15) is 24.0 Å². The van der Waals surface area contributed by atoms with Crippen LogP contribution < -0.4 is 4.74 Å². The summed E-state index contributed by atoms with van der Waals surface area (Å²) in [5, 5.41) is 17.8. The Hall–Kier alpha value is -2.53. The Morgan fingerprint density at radius 1 is 1.08 bits per heavy atom. The fourth-order valence-corrected chi connectivity index (χ4v) is 2.46. The summed E-state index contributed by atoms with van der Waals surface area (Å²) in [7, 11) is 0. The van der Waals surface area contributed by atoms with Gasteiger partial charge in [-0.1, -0.05) is 30.3 Å². The number of hydrogen-bond acceptors (Lipinski definition) is 4. The maximum Gasteiger partial charge on any atom is 0.260 e. The monoisotopic (exact) mass is 343 g/mol. The molecule has 1 aliphatic rings. The number of carbonyl (C=O) groups excluding carboxylic acids is 1. The van der Waals surface area contributed by atoms with Crippen molar-refractivity contribution >= 4 is 5.91 Å². The summed E-state index contributed by atoms with van der Waals surface area (Å²) in [5.74, 6) is 1.08. The van der Waals surface area contributed by atoms with Gasteiger partial charge in [0.05, 0.1) is 6.61 Å². The standard InChI is InChI=1S/C13H17NO3.C7H8O/c15-9-11-3-5-12(6-4-11)17-10-13(16)14-7-1-2-8-14;1-6-4-2-3-5-7(6)8/h3-6,15H,1-2,7-10H2;2-5,8H,1H3. The maximum atomic E-state index is 11.7. The molecule has 5 heteroatoms. The van der Waals surface area contributed by atoms with E-state index in [9.17, 15) is 4.79 Å². The molecule has 1 fully saturated rings. The summed E-state index contributed by atoms with van der Waals surface area (Å²) in [6.45, 7) is 3.69. The molecule has 0 unspecified atom stereocenters. The molecule has 1 heterocycles. The first kappa shape index (κ1) is 18.8. The molecule has 2 aromatic rings. The smallest absolute Gasteiger partial charge is 0.260 e. The van der Waals surface area contributed by atoms with Gasteiger partial charge in [0.15, 0.2) is 6.61 Å². The minimum atomic E-state index is 0.0208. The number of carbonyl (C=O) groups is 1. The molecule has 0 saturated carbocycles. The van der Waals surface area contributed by atoms with Crippen LogP contribution in [-0.2, 0) is 11.4 Å². The molecule has 2 N–H and O–H groups in total. The molecule has 2 aromatic carbocycles.